The van der Waals surface area contributed by atoms with Gasteiger partial charge in [0.2, 0.25) is 0 Å². The Morgan fingerprint density at radius 3 is 2.67 bits per heavy atom. The predicted molar refractivity (Wildman–Crippen MR) is 92.6 cm³/mol. The largest absolute Gasteiger partial charge is 0.354 e. The summed E-state index contributed by atoms with van der Waals surface area (Å²) in [5, 5.41) is 18.1. The van der Waals surface area contributed by atoms with E-state index in [9.17, 15) is 0 Å². The van der Waals surface area contributed by atoms with Gasteiger partial charge in [-0.15, -0.1) is 15.3 Å². The fraction of sp³-hybridized carbons (Fsp3) is 0.312. The van der Waals surface area contributed by atoms with Gasteiger partial charge in [0.05, 0.1) is 11.4 Å². The Balaban J connectivity index is 1.26. The predicted octanol–water partition coefficient (Wildman–Crippen LogP) is 1.62. The maximum atomic E-state index is 4.35. The summed E-state index contributed by atoms with van der Waals surface area (Å²) >= 11 is 1.39. The molecule has 0 atom stereocenters. The minimum atomic E-state index is 0.637. The summed E-state index contributed by atoms with van der Waals surface area (Å²) in [6, 6.07) is 7.92. The molecule has 0 aliphatic carbocycles. The van der Waals surface area contributed by atoms with Gasteiger partial charge in [0.1, 0.15) is 0 Å². The van der Waals surface area contributed by atoms with Crippen LogP contribution in [-0.4, -0.2) is 44.4 Å². The van der Waals surface area contributed by atoms with Crippen molar-refractivity contribution in [1.29, 1.82) is 0 Å². The lowest BCUT2D eigenvalue weighted by Crippen LogP contribution is -2.51. The topological polar surface area (TPSA) is 79.7 Å². The highest BCUT2D eigenvalue weighted by Gasteiger charge is 2.27. The van der Waals surface area contributed by atoms with Crippen molar-refractivity contribution in [2.45, 2.75) is 6.54 Å². The van der Waals surface area contributed by atoms with Crippen LogP contribution in [0, 0.1) is 5.92 Å². The third kappa shape index (κ3) is 3.39. The highest BCUT2D eigenvalue weighted by atomic mass is 32.1. The Kier molecular flexibility index (Phi) is 4.39. The van der Waals surface area contributed by atoms with Gasteiger partial charge in [-0.1, -0.05) is 4.49 Å². The standard InChI is InChI=1S/C16H17N7S/c1-2-16(21-20-15(1)13-3-5-17-6-4-13)23-9-12(10-23)7-18-8-14-11-24-22-19-14/h1-6,11-12,18H,7-10H2. The first kappa shape index (κ1) is 15.1. The molecule has 0 aromatic carbocycles. The van der Waals surface area contributed by atoms with Crippen LogP contribution in [0.25, 0.3) is 11.3 Å². The molecule has 0 unspecified atom stereocenters. The maximum Gasteiger partial charge on any atom is 0.151 e. The van der Waals surface area contributed by atoms with E-state index < -0.39 is 0 Å². The molecule has 0 spiro atoms. The molecule has 1 aliphatic heterocycles. The Labute approximate surface area is 143 Å². The highest BCUT2D eigenvalue weighted by molar-refractivity contribution is 7.03. The Hall–Kier alpha value is -2.45. The van der Waals surface area contributed by atoms with Gasteiger partial charge in [-0.2, -0.15) is 0 Å². The number of pyridine rings is 1. The van der Waals surface area contributed by atoms with Crippen molar-refractivity contribution in [3.63, 3.8) is 0 Å². The summed E-state index contributed by atoms with van der Waals surface area (Å²) in [5.74, 6) is 1.58. The highest BCUT2D eigenvalue weighted by Crippen LogP contribution is 2.23. The van der Waals surface area contributed by atoms with E-state index in [1.165, 1.54) is 11.5 Å². The van der Waals surface area contributed by atoms with Gasteiger partial charge in [-0.3, -0.25) is 4.98 Å². The fourth-order valence-corrected chi connectivity index (χ4v) is 3.17. The van der Waals surface area contributed by atoms with Gasteiger partial charge >= 0.3 is 0 Å². The Morgan fingerprint density at radius 1 is 1.08 bits per heavy atom. The average Bonchev–Trinajstić information content (AvgIpc) is 3.11. The number of anilines is 1. The molecule has 0 radical (unpaired) electrons. The zero-order valence-corrected chi connectivity index (χ0v) is 13.9. The molecule has 7 nitrogen and oxygen atoms in total. The molecule has 1 fully saturated rings. The summed E-state index contributed by atoms with van der Waals surface area (Å²) in [5.41, 5.74) is 2.91. The van der Waals surface area contributed by atoms with E-state index in [2.05, 4.69) is 35.0 Å². The first-order chi connectivity index (χ1) is 11.9. The number of aromatic nitrogens is 5. The van der Waals surface area contributed by atoms with E-state index in [0.29, 0.717) is 5.92 Å². The fourth-order valence-electron chi connectivity index (χ4n) is 2.72. The average molecular weight is 339 g/mol. The second-order valence-electron chi connectivity index (χ2n) is 5.81. The zero-order chi connectivity index (χ0) is 16.2. The van der Waals surface area contributed by atoms with Gasteiger partial charge in [0.25, 0.3) is 0 Å². The van der Waals surface area contributed by atoms with Crippen molar-refractivity contribution < 1.29 is 0 Å². The number of nitrogens with zero attached hydrogens (tertiary/aromatic N) is 6. The Bertz CT molecular complexity index is 755. The number of rotatable bonds is 6. The second-order valence-corrected chi connectivity index (χ2v) is 6.42. The van der Waals surface area contributed by atoms with Crippen LogP contribution < -0.4 is 10.2 Å². The third-order valence-corrected chi connectivity index (χ3v) is 4.61. The van der Waals surface area contributed by atoms with Crippen molar-refractivity contribution in [1.82, 2.24) is 30.1 Å². The number of hydrogen-bond acceptors (Lipinski definition) is 8. The van der Waals surface area contributed by atoms with E-state index in [1.54, 1.807) is 12.4 Å². The summed E-state index contributed by atoms with van der Waals surface area (Å²) in [6.45, 7) is 3.78. The van der Waals surface area contributed by atoms with Crippen LogP contribution >= 0.6 is 11.5 Å². The molecule has 8 heteroatoms. The molecule has 0 amide bonds. The van der Waals surface area contributed by atoms with Crippen molar-refractivity contribution in [2.75, 3.05) is 24.5 Å². The first-order valence-corrected chi connectivity index (χ1v) is 8.68. The lowest BCUT2D eigenvalue weighted by atomic mass is 10.0. The molecule has 1 N–H and O–H groups in total. The minimum Gasteiger partial charge on any atom is -0.354 e. The molecule has 24 heavy (non-hydrogen) atoms. The van der Waals surface area contributed by atoms with Crippen molar-refractivity contribution in [3.8, 4) is 11.3 Å². The molecule has 3 aromatic rings. The third-order valence-electron chi connectivity index (χ3n) is 4.05. The van der Waals surface area contributed by atoms with Crippen LogP contribution in [0.1, 0.15) is 5.69 Å². The molecule has 4 heterocycles. The molecule has 1 saturated heterocycles. The van der Waals surface area contributed by atoms with Crippen LogP contribution in [0.15, 0.2) is 42.0 Å². The van der Waals surface area contributed by atoms with Crippen LogP contribution in [-0.2, 0) is 6.54 Å². The van der Waals surface area contributed by atoms with Gasteiger partial charge in [-0.25, -0.2) is 0 Å². The van der Waals surface area contributed by atoms with Gasteiger partial charge in [0.15, 0.2) is 5.82 Å². The molecule has 3 aromatic heterocycles. The molecular formula is C16H17N7S. The lowest BCUT2D eigenvalue weighted by molar-refractivity contribution is 0.380. The number of nitrogens with one attached hydrogen (secondary N) is 1. The van der Waals surface area contributed by atoms with Crippen molar-refractivity contribution in [3.05, 3.63) is 47.7 Å². The van der Waals surface area contributed by atoms with Crippen LogP contribution in [0.4, 0.5) is 5.82 Å². The lowest BCUT2D eigenvalue weighted by Gasteiger charge is -2.40. The van der Waals surface area contributed by atoms with Crippen LogP contribution in [0.3, 0.4) is 0 Å². The second kappa shape index (κ2) is 6.98. The van der Waals surface area contributed by atoms with E-state index in [0.717, 1.165) is 48.9 Å². The zero-order valence-electron chi connectivity index (χ0n) is 13.0. The quantitative estimate of drug-likeness (QED) is 0.731. The van der Waals surface area contributed by atoms with Gasteiger partial charge in [-0.05, 0) is 35.8 Å². The van der Waals surface area contributed by atoms with E-state index >= 15 is 0 Å². The Morgan fingerprint density at radius 2 is 1.96 bits per heavy atom. The summed E-state index contributed by atoms with van der Waals surface area (Å²) in [6.07, 6.45) is 3.53. The smallest absolute Gasteiger partial charge is 0.151 e. The molecule has 0 bridgehead atoms. The normalized spacial score (nSPS) is 14.6. The summed E-state index contributed by atoms with van der Waals surface area (Å²) in [4.78, 5) is 6.27. The number of hydrogen-bond donors (Lipinski definition) is 1. The van der Waals surface area contributed by atoms with Gasteiger partial charge < -0.3 is 10.2 Å². The molecule has 122 valence electrons. The molecule has 0 saturated carbocycles. The first-order valence-electron chi connectivity index (χ1n) is 7.84. The SMILES string of the molecule is c1cc(-c2ccc(N3CC(CNCc4csnn4)C3)nn2)ccn1. The summed E-state index contributed by atoms with van der Waals surface area (Å²) < 4.78 is 3.86. The van der Waals surface area contributed by atoms with E-state index in [1.807, 2.05) is 29.6 Å². The molecule has 4 rings (SSSR count). The minimum absolute atomic E-state index is 0.637. The van der Waals surface area contributed by atoms with Crippen LogP contribution in [0.2, 0.25) is 0 Å². The maximum absolute atomic E-state index is 4.35. The summed E-state index contributed by atoms with van der Waals surface area (Å²) in [7, 11) is 0. The van der Waals surface area contributed by atoms with E-state index in [-0.39, 0.29) is 0 Å². The molecule has 1 aliphatic rings. The van der Waals surface area contributed by atoms with E-state index in [4.69, 9.17) is 0 Å². The van der Waals surface area contributed by atoms with Crippen LogP contribution in [0.5, 0.6) is 0 Å². The van der Waals surface area contributed by atoms with Crippen molar-refractivity contribution in [2.24, 2.45) is 5.92 Å². The molecular weight excluding hydrogens is 322 g/mol. The van der Waals surface area contributed by atoms with Gasteiger partial charge in [0, 0.05) is 55.4 Å². The monoisotopic (exact) mass is 339 g/mol. The van der Waals surface area contributed by atoms with Crippen molar-refractivity contribution >= 4 is 17.4 Å².